The highest BCUT2D eigenvalue weighted by molar-refractivity contribution is 5.80. The fourth-order valence-electron chi connectivity index (χ4n) is 0.501. The van der Waals surface area contributed by atoms with E-state index in [1.807, 2.05) is 13.8 Å². The van der Waals surface area contributed by atoms with Gasteiger partial charge in [0.1, 0.15) is 0 Å². The number of likely N-dealkylation sites (N-methyl/N-ethyl adjacent to an activating group) is 1. The summed E-state index contributed by atoms with van der Waals surface area (Å²) in [5, 5.41) is 9.16. The first-order valence-electron chi connectivity index (χ1n) is 3.18. The fourth-order valence-corrected chi connectivity index (χ4v) is 0.501. The van der Waals surface area contributed by atoms with Crippen molar-refractivity contribution in [3.8, 4) is 0 Å². The predicted molar refractivity (Wildman–Crippen MR) is 37.4 cm³/mol. The molecule has 1 unspecified atom stereocenters. The van der Waals surface area contributed by atoms with Gasteiger partial charge in [-0.25, -0.2) is 5.06 Å². The van der Waals surface area contributed by atoms with Crippen molar-refractivity contribution in [2.24, 2.45) is 11.7 Å². The van der Waals surface area contributed by atoms with Crippen LogP contribution in [0.25, 0.3) is 0 Å². The highest BCUT2D eigenvalue weighted by atomic mass is 16.5. The van der Waals surface area contributed by atoms with Gasteiger partial charge in [-0.1, -0.05) is 13.8 Å². The number of amides is 1. The highest BCUT2D eigenvalue weighted by Crippen LogP contribution is 1.99. The van der Waals surface area contributed by atoms with Crippen molar-refractivity contribution < 1.29 is 10.0 Å². The molecule has 0 aliphatic heterocycles. The van der Waals surface area contributed by atoms with Crippen LogP contribution >= 0.6 is 0 Å². The van der Waals surface area contributed by atoms with E-state index in [4.69, 9.17) is 10.9 Å². The van der Waals surface area contributed by atoms with Gasteiger partial charge >= 0.3 is 0 Å². The van der Waals surface area contributed by atoms with E-state index in [9.17, 15) is 4.79 Å². The number of hydrogen-bond acceptors (Lipinski definition) is 3. The number of hydroxylamine groups is 2. The van der Waals surface area contributed by atoms with Gasteiger partial charge in [-0.3, -0.25) is 10.0 Å². The van der Waals surface area contributed by atoms with Crippen molar-refractivity contribution in [2.45, 2.75) is 19.9 Å². The molecular formula is C6H14N2O2. The number of nitrogens with two attached hydrogens (primary N) is 1. The van der Waals surface area contributed by atoms with E-state index < -0.39 is 11.9 Å². The second kappa shape index (κ2) is 3.53. The standard InChI is InChI=1S/C6H14N2O2/c1-4(2)5(7)6(9)8(3)10/h4-5,10H,7H2,1-3H3. The molecule has 0 spiro atoms. The molecular weight excluding hydrogens is 132 g/mol. The van der Waals surface area contributed by atoms with Crippen molar-refractivity contribution in [3.63, 3.8) is 0 Å². The van der Waals surface area contributed by atoms with Gasteiger partial charge in [-0.15, -0.1) is 0 Å². The fraction of sp³-hybridized carbons (Fsp3) is 0.833. The number of nitrogens with zero attached hydrogens (tertiary/aromatic N) is 1. The molecule has 0 bridgehead atoms. The Labute approximate surface area is 60.6 Å². The van der Waals surface area contributed by atoms with Gasteiger partial charge in [-0.2, -0.15) is 0 Å². The largest absolute Gasteiger partial charge is 0.320 e. The summed E-state index contributed by atoms with van der Waals surface area (Å²) in [5.74, 6) is -0.392. The Morgan fingerprint density at radius 3 is 2.10 bits per heavy atom. The number of rotatable bonds is 2. The average Bonchev–Trinajstić information content (AvgIpc) is 1.84. The van der Waals surface area contributed by atoms with Crippen LogP contribution in [0.1, 0.15) is 13.8 Å². The van der Waals surface area contributed by atoms with Crippen LogP contribution in [0.3, 0.4) is 0 Å². The summed E-state index contributed by atoms with van der Waals surface area (Å²) < 4.78 is 0. The van der Waals surface area contributed by atoms with Crippen LogP contribution in [-0.2, 0) is 4.79 Å². The molecule has 0 rings (SSSR count). The van der Waals surface area contributed by atoms with E-state index in [2.05, 4.69) is 0 Å². The molecule has 4 heteroatoms. The highest BCUT2D eigenvalue weighted by Gasteiger charge is 2.19. The van der Waals surface area contributed by atoms with E-state index in [-0.39, 0.29) is 5.92 Å². The number of hydrogen-bond donors (Lipinski definition) is 2. The first-order valence-corrected chi connectivity index (χ1v) is 3.18. The summed E-state index contributed by atoms with van der Waals surface area (Å²) >= 11 is 0. The molecule has 3 N–H and O–H groups in total. The third-order valence-electron chi connectivity index (χ3n) is 1.32. The van der Waals surface area contributed by atoms with Gasteiger partial charge in [0.15, 0.2) is 0 Å². The van der Waals surface area contributed by atoms with Crippen LogP contribution in [0.5, 0.6) is 0 Å². The Hall–Kier alpha value is -0.610. The molecule has 60 valence electrons. The summed E-state index contributed by atoms with van der Waals surface area (Å²) in [6.45, 7) is 3.65. The topological polar surface area (TPSA) is 66.6 Å². The van der Waals surface area contributed by atoms with Gasteiger partial charge in [0.2, 0.25) is 0 Å². The zero-order chi connectivity index (χ0) is 8.31. The van der Waals surface area contributed by atoms with Gasteiger partial charge in [0, 0.05) is 7.05 Å². The normalized spacial score (nSPS) is 13.4. The average molecular weight is 146 g/mol. The van der Waals surface area contributed by atoms with E-state index in [1.165, 1.54) is 7.05 Å². The molecule has 4 nitrogen and oxygen atoms in total. The molecule has 0 aliphatic rings. The molecule has 0 aromatic rings. The molecule has 0 aliphatic carbocycles. The Bertz CT molecular complexity index is 123. The Kier molecular flexibility index (Phi) is 3.32. The number of carbonyl (C=O) groups excluding carboxylic acids is 1. The van der Waals surface area contributed by atoms with Crippen LogP contribution in [-0.4, -0.2) is 29.3 Å². The Morgan fingerprint density at radius 1 is 1.60 bits per heavy atom. The Morgan fingerprint density at radius 2 is 2.00 bits per heavy atom. The lowest BCUT2D eigenvalue weighted by molar-refractivity contribution is -0.161. The lowest BCUT2D eigenvalue weighted by Crippen LogP contribution is -2.43. The van der Waals surface area contributed by atoms with Crippen molar-refractivity contribution in [2.75, 3.05) is 7.05 Å². The summed E-state index contributed by atoms with van der Waals surface area (Å²) in [4.78, 5) is 10.8. The minimum atomic E-state index is -0.602. The summed E-state index contributed by atoms with van der Waals surface area (Å²) in [6.07, 6.45) is 0. The van der Waals surface area contributed by atoms with Crippen molar-refractivity contribution >= 4 is 5.91 Å². The molecule has 0 fully saturated rings. The molecule has 0 aromatic carbocycles. The van der Waals surface area contributed by atoms with Crippen LogP contribution < -0.4 is 5.73 Å². The van der Waals surface area contributed by atoms with Crippen LogP contribution in [0.2, 0.25) is 0 Å². The molecule has 0 heterocycles. The van der Waals surface area contributed by atoms with E-state index in [0.29, 0.717) is 5.06 Å². The molecule has 10 heavy (non-hydrogen) atoms. The molecule has 1 amide bonds. The van der Waals surface area contributed by atoms with E-state index in [0.717, 1.165) is 0 Å². The molecule has 1 atom stereocenters. The third-order valence-corrected chi connectivity index (χ3v) is 1.32. The second-order valence-corrected chi connectivity index (χ2v) is 2.63. The van der Waals surface area contributed by atoms with Gasteiger partial charge in [0.25, 0.3) is 5.91 Å². The van der Waals surface area contributed by atoms with Gasteiger partial charge in [0.05, 0.1) is 6.04 Å². The maximum atomic E-state index is 10.8. The molecule has 0 saturated carbocycles. The SMILES string of the molecule is CC(C)C(N)C(=O)N(C)O. The Balaban J connectivity index is 3.95. The maximum Gasteiger partial charge on any atom is 0.262 e. The third kappa shape index (κ3) is 2.33. The minimum Gasteiger partial charge on any atom is -0.320 e. The van der Waals surface area contributed by atoms with Crippen molar-refractivity contribution in [1.29, 1.82) is 0 Å². The smallest absolute Gasteiger partial charge is 0.262 e. The monoisotopic (exact) mass is 146 g/mol. The van der Waals surface area contributed by atoms with Crippen molar-refractivity contribution in [1.82, 2.24) is 5.06 Å². The summed E-state index contributed by atoms with van der Waals surface area (Å²) in [7, 11) is 1.27. The summed E-state index contributed by atoms with van der Waals surface area (Å²) in [5.41, 5.74) is 5.41. The molecule has 0 radical (unpaired) electrons. The molecule has 0 aromatic heterocycles. The zero-order valence-electron chi connectivity index (χ0n) is 6.53. The first-order chi connectivity index (χ1) is 4.46. The maximum absolute atomic E-state index is 10.8. The van der Waals surface area contributed by atoms with Gasteiger partial charge in [-0.05, 0) is 5.92 Å². The van der Waals surface area contributed by atoms with Crippen LogP contribution in [0, 0.1) is 5.92 Å². The van der Waals surface area contributed by atoms with E-state index >= 15 is 0 Å². The second-order valence-electron chi connectivity index (χ2n) is 2.63. The van der Waals surface area contributed by atoms with Crippen molar-refractivity contribution in [3.05, 3.63) is 0 Å². The zero-order valence-corrected chi connectivity index (χ0v) is 6.53. The summed E-state index contributed by atoms with van der Waals surface area (Å²) in [6, 6.07) is -0.602. The number of carbonyl (C=O) groups is 1. The van der Waals surface area contributed by atoms with Gasteiger partial charge < -0.3 is 5.73 Å². The first kappa shape index (κ1) is 9.39. The lowest BCUT2D eigenvalue weighted by Gasteiger charge is -2.17. The predicted octanol–water partition coefficient (Wildman–Crippen LogP) is -0.183. The minimum absolute atomic E-state index is 0.0575. The van der Waals surface area contributed by atoms with Crippen LogP contribution in [0.4, 0.5) is 0 Å². The van der Waals surface area contributed by atoms with Crippen LogP contribution in [0.15, 0.2) is 0 Å². The molecule has 0 saturated heterocycles. The quantitative estimate of drug-likeness (QED) is 0.419. The lowest BCUT2D eigenvalue weighted by atomic mass is 10.1. The van der Waals surface area contributed by atoms with E-state index in [1.54, 1.807) is 0 Å².